The largest absolute Gasteiger partial charge is 0.381 e. The third-order valence-corrected chi connectivity index (χ3v) is 6.60. The van der Waals surface area contributed by atoms with Crippen molar-refractivity contribution in [1.29, 1.82) is 0 Å². The SMILES string of the molecule is CC(C)(C)OC[C@]12CCCN1[C@@H](Cn1cc(CCOCCC(=O)C(C)(C)C)nn1)CC2. The number of aromatic nitrogens is 3. The third kappa shape index (κ3) is 6.59. The molecule has 0 saturated carbocycles. The number of hydrogen-bond acceptors (Lipinski definition) is 6. The van der Waals surface area contributed by atoms with E-state index in [4.69, 9.17) is 9.47 Å². The molecule has 7 heteroatoms. The molecule has 2 fully saturated rings. The van der Waals surface area contributed by atoms with E-state index in [1.807, 2.05) is 31.6 Å². The second-order valence-corrected chi connectivity index (χ2v) is 11.3. The number of ether oxygens (including phenoxy) is 2. The summed E-state index contributed by atoms with van der Waals surface area (Å²) in [6, 6.07) is 0.500. The van der Waals surface area contributed by atoms with Gasteiger partial charge < -0.3 is 9.47 Å². The predicted molar refractivity (Wildman–Crippen MR) is 121 cm³/mol. The first-order chi connectivity index (χ1) is 14.5. The number of carbonyl (C=O) groups excluding carboxylic acids is 1. The van der Waals surface area contributed by atoms with Crippen molar-refractivity contribution in [3.8, 4) is 0 Å². The van der Waals surface area contributed by atoms with Gasteiger partial charge in [0.1, 0.15) is 5.78 Å². The van der Waals surface area contributed by atoms with E-state index in [0.717, 1.165) is 31.8 Å². The highest BCUT2D eigenvalue weighted by Crippen LogP contribution is 2.43. The van der Waals surface area contributed by atoms with Crippen LogP contribution in [-0.2, 0) is 27.2 Å². The molecule has 3 heterocycles. The van der Waals surface area contributed by atoms with Gasteiger partial charge in [0, 0.05) is 36.0 Å². The minimum Gasteiger partial charge on any atom is -0.381 e. The third-order valence-electron chi connectivity index (χ3n) is 6.60. The highest BCUT2D eigenvalue weighted by Gasteiger charge is 2.49. The van der Waals surface area contributed by atoms with Gasteiger partial charge in [0.05, 0.1) is 37.7 Å². The minimum atomic E-state index is -0.294. The molecular weight excluding hydrogens is 392 g/mol. The Kier molecular flexibility index (Phi) is 7.59. The van der Waals surface area contributed by atoms with Crippen LogP contribution in [0, 0.1) is 5.41 Å². The highest BCUT2D eigenvalue weighted by atomic mass is 16.5. The number of fused-ring (bicyclic) bond motifs is 1. The number of hydrogen-bond donors (Lipinski definition) is 0. The monoisotopic (exact) mass is 434 g/mol. The van der Waals surface area contributed by atoms with Crippen molar-refractivity contribution in [3.63, 3.8) is 0 Å². The molecule has 0 radical (unpaired) electrons. The molecule has 1 aromatic heterocycles. The first-order valence-electron chi connectivity index (χ1n) is 11.9. The van der Waals surface area contributed by atoms with Gasteiger partial charge >= 0.3 is 0 Å². The van der Waals surface area contributed by atoms with Gasteiger partial charge in [0.2, 0.25) is 0 Å². The molecule has 0 bridgehead atoms. The van der Waals surface area contributed by atoms with Gasteiger partial charge in [-0.3, -0.25) is 14.4 Å². The first kappa shape index (κ1) is 24.3. The topological polar surface area (TPSA) is 69.5 Å². The van der Waals surface area contributed by atoms with E-state index >= 15 is 0 Å². The second-order valence-electron chi connectivity index (χ2n) is 11.3. The predicted octanol–water partition coefficient (Wildman–Crippen LogP) is 3.65. The minimum absolute atomic E-state index is 0.0932. The van der Waals surface area contributed by atoms with Crippen LogP contribution in [-0.4, -0.2) is 69.2 Å². The van der Waals surface area contributed by atoms with E-state index in [1.165, 1.54) is 25.7 Å². The van der Waals surface area contributed by atoms with Gasteiger partial charge in [-0.05, 0) is 53.0 Å². The van der Waals surface area contributed by atoms with E-state index in [0.29, 0.717) is 25.7 Å². The Labute approximate surface area is 187 Å². The Bertz CT molecular complexity index is 734. The lowest BCUT2D eigenvalue weighted by Crippen LogP contribution is -2.48. The van der Waals surface area contributed by atoms with E-state index in [9.17, 15) is 4.79 Å². The molecule has 2 aliphatic rings. The fourth-order valence-corrected chi connectivity index (χ4v) is 4.73. The van der Waals surface area contributed by atoms with Crippen LogP contribution < -0.4 is 0 Å². The number of nitrogens with zero attached hydrogens (tertiary/aromatic N) is 4. The first-order valence-corrected chi connectivity index (χ1v) is 11.9. The Morgan fingerprint density at radius 1 is 1.19 bits per heavy atom. The van der Waals surface area contributed by atoms with Gasteiger partial charge in [-0.25, -0.2) is 0 Å². The maximum absolute atomic E-state index is 11.9. The molecule has 176 valence electrons. The molecule has 0 aromatic carbocycles. The zero-order chi connectivity index (χ0) is 22.7. The smallest absolute Gasteiger partial charge is 0.140 e. The average molecular weight is 435 g/mol. The summed E-state index contributed by atoms with van der Waals surface area (Å²) >= 11 is 0. The lowest BCUT2D eigenvalue weighted by atomic mass is 9.89. The summed E-state index contributed by atoms with van der Waals surface area (Å²) in [5.74, 6) is 0.237. The second kappa shape index (κ2) is 9.67. The van der Waals surface area contributed by atoms with Crippen molar-refractivity contribution >= 4 is 5.78 Å². The molecule has 0 spiro atoms. The van der Waals surface area contributed by atoms with E-state index in [1.54, 1.807) is 0 Å². The van der Waals surface area contributed by atoms with Crippen molar-refractivity contribution in [3.05, 3.63) is 11.9 Å². The zero-order valence-electron chi connectivity index (χ0n) is 20.4. The fourth-order valence-electron chi connectivity index (χ4n) is 4.73. The fraction of sp³-hybridized carbons (Fsp3) is 0.875. The Hall–Kier alpha value is -1.31. The van der Waals surface area contributed by atoms with Crippen molar-refractivity contribution in [2.45, 2.75) is 104 Å². The molecule has 0 unspecified atom stereocenters. The maximum atomic E-state index is 11.9. The Balaban J connectivity index is 1.43. The number of ketones is 1. The van der Waals surface area contributed by atoms with Crippen LogP contribution in [0.1, 0.15) is 79.3 Å². The molecule has 2 saturated heterocycles. The Morgan fingerprint density at radius 3 is 2.68 bits per heavy atom. The lowest BCUT2D eigenvalue weighted by Gasteiger charge is -2.37. The molecule has 3 rings (SSSR count). The van der Waals surface area contributed by atoms with Crippen LogP contribution in [0.4, 0.5) is 0 Å². The average Bonchev–Trinajstić information content (AvgIpc) is 3.35. The van der Waals surface area contributed by atoms with Crippen LogP contribution in [0.3, 0.4) is 0 Å². The molecule has 7 nitrogen and oxygen atoms in total. The molecule has 2 aliphatic heterocycles. The van der Waals surface area contributed by atoms with Crippen LogP contribution in [0.25, 0.3) is 0 Å². The standard InChI is InChI=1S/C24H42N4O3/c1-22(2,3)21(29)10-15-30-14-9-19-16-27(26-25-19)17-20-8-12-24(11-7-13-28(20)24)18-31-23(4,5)6/h16,20H,7-15,17-18H2,1-6H3/t20-,24-/m1/s1. The number of rotatable bonds is 10. The van der Waals surface area contributed by atoms with Crippen molar-refractivity contribution in [2.24, 2.45) is 5.41 Å². The normalized spacial score (nSPS) is 24.6. The summed E-state index contributed by atoms with van der Waals surface area (Å²) in [6.07, 6.45) is 8.12. The lowest BCUT2D eigenvalue weighted by molar-refractivity contribution is -0.127. The zero-order valence-corrected chi connectivity index (χ0v) is 20.4. The van der Waals surface area contributed by atoms with E-state index in [2.05, 4.69) is 36.0 Å². The summed E-state index contributed by atoms with van der Waals surface area (Å²) < 4.78 is 13.8. The molecule has 31 heavy (non-hydrogen) atoms. The maximum Gasteiger partial charge on any atom is 0.140 e. The molecular formula is C24H42N4O3. The van der Waals surface area contributed by atoms with Crippen LogP contribution in [0.5, 0.6) is 0 Å². The van der Waals surface area contributed by atoms with Gasteiger partial charge in [-0.2, -0.15) is 0 Å². The van der Waals surface area contributed by atoms with Crippen LogP contribution in [0.15, 0.2) is 6.20 Å². The van der Waals surface area contributed by atoms with E-state index < -0.39 is 0 Å². The highest BCUT2D eigenvalue weighted by molar-refractivity contribution is 5.83. The van der Waals surface area contributed by atoms with Crippen molar-refractivity contribution in [2.75, 3.05) is 26.4 Å². The summed E-state index contributed by atoms with van der Waals surface area (Å²) in [6.45, 7) is 16.1. The molecule has 0 N–H and O–H groups in total. The quantitative estimate of drug-likeness (QED) is 0.524. The number of Topliss-reactive ketones (excluding diaryl/α,β-unsaturated/α-hetero) is 1. The number of carbonyl (C=O) groups is 1. The van der Waals surface area contributed by atoms with Gasteiger partial charge in [-0.15, -0.1) is 5.10 Å². The van der Waals surface area contributed by atoms with Crippen molar-refractivity contribution in [1.82, 2.24) is 19.9 Å². The molecule has 1 aromatic rings. The van der Waals surface area contributed by atoms with Crippen LogP contribution >= 0.6 is 0 Å². The summed E-state index contributed by atoms with van der Waals surface area (Å²) in [7, 11) is 0. The molecule has 0 amide bonds. The summed E-state index contributed by atoms with van der Waals surface area (Å²) in [4.78, 5) is 14.6. The van der Waals surface area contributed by atoms with Gasteiger partial charge in [-0.1, -0.05) is 26.0 Å². The molecule has 0 aliphatic carbocycles. The molecule has 2 atom stereocenters. The summed E-state index contributed by atoms with van der Waals surface area (Å²) in [5.41, 5.74) is 0.769. The Morgan fingerprint density at radius 2 is 1.97 bits per heavy atom. The van der Waals surface area contributed by atoms with Crippen LogP contribution in [0.2, 0.25) is 0 Å². The van der Waals surface area contributed by atoms with E-state index in [-0.39, 0.29) is 22.3 Å². The van der Waals surface area contributed by atoms with Crippen molar-refractivity contribution < 1.29 is 14.3 Å². The van der Waals surface area contributed by atoms with Gasteiger partial charge in [0.15, 0.2) is 0 Å². The van der Waals surface area contributed by atoms with Gasteiger partial charge in [0.25, 0.3) is 0 Å². The summed E-state index contributed by atoms with van der Waals surface area (Å²) in [5, 5.41) is 8.68.